The number of hydrogen-bond donors (Lipinski definition) is 2. The smallest absolute Gasteiger partial charge is 0.227 e. The van der Waals surface area contributed by atoms with Crippen LogP contribution in [0.1, 0.15) is 48.8 Å². The molecule has 2 N–H and O–H groups in total. The van der Waals surface area contributed by atoms with Crippen LogP contribution in [-0.2, 0) is 9.59 Å². The maximum absolute atomic E-state index is 12.7. The molecule has 150 valence electrons. The molecule has 0 atom stereocenters. The molecule has 0 aliphatic heterocycles. The van der Waals surface area contributed by atoms with Gasteiger partial charge in [0, 0.05) is 24.1 Å². The molecule has 1 aliphatic rings. The van der Waals surface area contributed by atoms with Gasteiger partial charge in [-0.2, -0.15) is 0 Å². The Bertz CT molecular complexity index is 639. The van der Waals surface area contributed by atoms with Crippen LogP contribution in [0, 0.1) is 32.6 Å². The number of amides is 2. The fourth-order valence-electron chi connectivity index (χ4n) is 3.97. The number of aryl methyl sites for hydroxylation is 3. The first-order chi connectivity index (χ1) is 12.8. The lowest BCUT2D eigenvalue weighted by Gasteiger charge is -2.27. The minimum atomic E-state index is 0.00268. The van der Waals surface area contributed by atoms with Crippen molar-refractivity contribution in [2.45, 2.75) is 52.9 Å². The summed E-state index contributed by atoms with van der Waals surface area (Å²) < 4.78 is 0. The Balaban J connectivity index is 1.80. The molecule has 0 unspecified atom stereocenters. The van der Waals surface area contributed by atoms with Crippen LogP contribution < -0.4 is 10.6 Å². The van der Waals surface area contributed by atoms with Gasteiger partial charge in [-0.25, -0.2) is 0 Å². The van der Waals surface area contributed by atoms with Crippen LogP contribution in [-0.4, -0.2) is 43.9 Å². The van der Waals surface area contributed by atoms with Crippen molar-refractivity contribution in [2.75, 3.05) is 32.5 Å². The molecule has 1 aromatic carbocycles. The lowest BCUT2D eigenvalue weighted by Crippen LogP contribution is -2.36. The second-order valence-electron chi connectivity index (χ2n) is 8.26. The Morgan fingerprint density at radius 2 is 1.48 bits per heavy atom. The molecule has 5 heteroatoms. The molecule has 0 saturated heterocycles. The predicted molar refractivity (Wildman–Crippen MR) is 111 cm³/mol. The quantitative estimate of drug-likeness (QED) is 0.720. The average Bonchev–Trinajstić information content (AvgIpc) is 2.61. The second kappa shape index (κ2) is 9.88. The van der Waals surface area contributed by atoms with E-state index in [2.05, 4.69) is 34.6 Å². The van der Waals surface area contributed by atoms with Gasteiger partial charge < -0.3 is 15.5 Å². The van der Waals surface area contributed by atoms with Gasteiger partial charge in [0.05, 0.1) is 0 Å². The number of anilines is 1. The van der Waals surface area contributed by atoms with E-state index < -0.39 is 0 Å². The summed E-state index contributed by atoms with van der Waals surface area (Å²) in [7, 11) is 4.07. The van der Waals surface area contributed by atoms with Gasteiger partial charge >= 0.3 is 0 Å². The van der Waals surface area contributed by atoms with E-state index in [0.717, 1.165) is 62.0 Å². The number of nitrogens with zero attached hydrogens (tertiary/aromatic N) is 1. The highest BCUT2D eigenvalue weighted by molar-refractivity contribution is 5.94. The van der Waals surface area contributed by atoms with Crippen LogP contribution in [0.25, 0.3) is 0 Å². The zero-order valence-corrected chi connectivity index (χ0v) is 17.5. The standard InChI is InChI=1S/C22H35N3O2/c1-15-13-16(2)20(17(3)14-15)24-22(27)19-9-7-18(8-10-19)21(26)23-11-6-12-25(4)5/h13-14,18-19H,6-12H2,1-5H3,(H,23,26)(H,24,27). The normalized spacial score (nSPS) is 19.8. The highest BCUT2D eigenvalue weighted by Gasteiger charge is 2.30. The molecule has 1 saturated carbocycles. The van der Waals surface area contributed by atoms with Gasteiger partial charge in [-0.1, -0.05) is 17.7 Å². The van der Waals surface area contributed by atoms with Crippen LogP contribution in [0.3, 0.4) is 0 Å². The summed E-state index contributed by atoms with van der Waals surface area (Å²) in [5.74, 6) is 0.298. The average molecular weight is 374 g/mol. The number of nitrogens with one attached hydrogen (secondary N) is 2. The third-order valence-electron chi connectivity index (χ3n) is 5.48. The topological polar surface area (TPSA) is 61.4 Å². The van der Waals surface area contributed by atoms with Crippen LogP contribution in [0.4, 0.5) is 5.69 Å². The third kappa shape index (κ3) is 6.35. The molecule has 5 nitrogen and oxygen atoms in total. The molecule has 1 fully saturated rings. The Kier molecular flexibility index (Phi) is 7.84. The van der Waals surface area contributed by atoms with Crippen molar-refractivity contribution in [3.8, 4) is 0 Å². The van der Waals surface area contributed by atoms with Crippen LogP contribution in [0.2, 0.25) is 0 Å². The number of carbonyl (C=O) groups excluding carboxylic acids is 2. The first-order valence-corrected chi connectivity index (χ1v) is 10.1. The highest BCUT2D eigenvalue weighted by atomic mass is 16.2. The summed E-state index contributed by atoms with van der Waals surface area (Å²) in [5.41, 5.74) is 4.35. The zero-order valence-electron chi connectivity index (χ0n) is 17.5. The first kappa shape index (κ1) is 21.4. The van der Waals surface area contributed by atoms with Crippen LogP contribution in [0.5, 0.6) is 0 Å². The molecule has 0 radical (unpaired) electrons. The first-order valence-electron chi connectivity index (χ1n) is 10.1. The van der Waals surface area contributed by atoms with Gasteiger partial charge in [-0.05, 0) is 84.6 Å². The van der Waals surface area contributed by atoms with E-state index in [9.17, 15) is 9.59 Å². The number of hydrogen-bond acceptors (Lipinski definition) is 3. The van der Waals surface area contributed by atoms with E-state index in [4.69, 9.17) is 0 Å². The molecule has 1 aromatic rings. The Morgan fingerprint density at radius 3 is 2.00 bits per heavy atom. The number of carbonyl (C=O) groups is 2. The fraction of sp³-hybridized carbons (Fsp3) is 0.636. The summed E-state index contributed by atoms with van der Waals surface area (Å²) in [5, 5.41) is 6.17. The van der Waals surface area contributed by atoms with Gasteiger partial charge in [0.15, 0.2) is 0 Å². The molecule has 0 spiro atoms. The lowest BCUT2D eigenvalue weighted by atomic mass is 9.81. The largest absolute Gasteiger partial charge is 0.356 e. The molecule has 27 heavy (non-hydrogen) atoms. The Morgan fingerprint density at radius 1 is 0.963 bits per heavy atom. The fourth-order valence-corrected chi connectivity index (χ4v) is 3.97. The van der Waals surface area contributed by atoms with E-state index in [-0.39, 0.29) is 23.7 Å². The maximum atomic E-state index is 12.7. The van der Waals surface area contributed by atoms with Gasteiger partial charge in [-0.15, -0.1) is 0 Å². The number of benzene rings is 1. The van der Waals surface area contributed by atoms with E-state index in [1.165, 1.54) is 5.56 Å². The molecular formula is C22H35N3O2. The van der Waals surface area contributed by atoms with Crippen molar-refractivity contribution in [3.63, 3.8) is 0 Å². The van der Waals surface area contributed by atoms with Crippen molar-refractivity contribution in [1.29, 1.82) is 0 Å². The van der Waals surface area contributed by atoms with Crippen molar-refractivity contribution in [3.05, 3.63) is 28.8 Å². The molecule has 0 aromatic heterocycles. The number of rotatable bonds is 7. The molecule has 1 aliphatic carbocycles. The minimum Gasteiger partial charge on any atom is -0.356 e. The van der Waals surface area contributed by atoms with Crippen LogP contribution in [0.15, 0.2) is 12.1 Å². The summed E-state index contributed by atoms with van der Waals surface area (Å²) >= 11 is 0. The SMILES string of the molecule is Cc1cc(C)c(NC(=O)C2CCC(C(=O)NCCCN(C)C)CC2)c(C)c1. The molecule has 0 bridgehead atoms. The summed E-state index contributed by atoms with van der Waals surface area (Å²) in [4.78, 5) is 27.1. The third-order valence-corrected chi connectivity index (χ3v) is 5.48. The molecule has 0 heterocycles. The van der Waals surface area contributed by atoms with E-state index >= 15 is 0 Å². The molecule has 2 amide bonds. The summed E-state index contributed by atoms with van der Waals surface area (Å²) in [6.45, 7) is 7.84. The minimum absolute atomic E-state index is 0.00268. The zero-order chi connectivity index (χ0) is 20.0. The van der Waals surface area contributed by atoms with Crippen molar-refractivity contribution in [1.82, 2.24) is 10.2 Å². The summed E-state index contributed by atoms with van der Waals surface area (Å²) in [6.07, 6.45) is 4.12. The molecule has 2 rings (SSSR count). The van der Waals surface area contributed by atoms with Gasteiger partial charge in [0.2, 0.25) is 11.8 Å². The van der Waals surface area contributed by atoms with E-state index in [1.54, 1.807) is 0 Å². The van der Waals surface area contributed by atoms with E-state index in [0.29, 0.717) is 0 Å². The monoisotopic (exact) mass is 373 g/mol. The van der Waals surface area contributed by atoms with Crippen molar-refractivity contribution >= 4 is 17.5 Å². The lowest BCUT2D eigenvalue weighted by molar-refractivity contribution is -0.128. The van der Waals surface area contributed by atoms with E-state index in [1.807, 2.05) is 27.9 Å². The molecular weight excluding hydrogens is 338 g/mol. The van der Waals surface area contributed by atoms with Gasteiger partial charge in [0.25, 0.3) is 0 Å². The van der Waals surface area contributed by atoms with Gasteiger partial charge in [-0.3, -0.25) is 9.59 Å². The summed E-state index contributed by atoms with van der Waals surface area (Å²) in [6, 6.07) is 4.19. The predicted octanol–water partition coefficient (Wildman–Crippen LogP) is 3.42. The highest BCUT2D eigenvalue weighted by Crippen LogP contribution is 2.31. The van der Waals surface area contributed by atoms with Crippen molar-refractivity contribution < 1.29 is 9.59 Å². The Labute approximate surface area is 163 Å². The second-order valence-corrected chi connectivity index (χ2v) is 8.26. The van der Waals surface area contributed by atoms with Crippen molar-refractivity contribution in [2.24, 2.45) is 11.8 Å². The van der Waals surface area contributed by atoms with Gasteiger partial charge in [0.1, 0.15) is 0 Å². The van der Waals surface area contributed by atoms with Crippen LogP contribution >= 0.6 is 0 Å². The Hall–Kier alpha value is -1.88. The maximum Gasteiger partial charge on any atom is 0.227 e.